The summed E-state index contributed by atoms with van der Waals surface area (Å²) in [5.41, 5.74) is 3.86. The molecule has 0 unspecified atom stereocenters. The van der Waals surface area contributed by atoms with Gasteiger partial charge in [0, 0.05) is 22.5 Å². The highest BCUT2D eigenvalue weighted by Gasteiger charge is 2.15. The van der Waals surface area contributed by atoms with Crippen molar-refractivity contribution in [1.82, 2.24) is 14.5 Å². The van der Waals surface area contributed by atoms with Gasteiger partial charge in [-0.1, -0.05) is 0 Å². The molecule has 4 aromatic rings. The summed E-state index contributed by atoms with van der Waals surface area (Å²) in [5.74, 6) is 0.504. The van der Waals surface area contributed by atoms with Gasteiger partial charge >= 0.3 is 0 Å². The SMILES string of the molecule is CCn1c(=O)c(C)nc2cc(C(=O)Nc3nc(-c4ccc(OC)cc4)c(C)s3)ccc21. The number of hydrogen-bond donors (Lipinski definition) is 1. The Kier molecular flexibility index (Phi) is 5.56. The minimum absolute atomic E-state index is 0.114. The number of aryl methyl sites for hydroxylation is 3. The number of methoxy groups -OCH3 is 1. The second-order valence-electron chi connectivity index (χ2n) is 7.06. The summed E-state index contributed by atoms with van der Waals surface area (Å²) in [7, 11) is 1.63. The quantitative estimate of drug-likeness (QED) is 0.503. The summed E-state index contributed by atoms with van der Waals surface area (Å²) >= 11 is 1.42. The van der Waals surface area contributed by atoms with E-state index in [1.54, 1.807) is 36.8 Å². The fraction of sp³-hybridized carbons (Fsp3) is 0.217. The van der Waals surface area contributed by atoms with E-state index in [4.69, 9.17) is 4.74 Å². The van der Waals surface area contributed by atoms with Gasteiger partial charge < -0.3 is 9.30 Å². The number of aromatic nitrogens is 3. The third-order valence-electron chi connectivity index (χ3n) is 5.07. The van der Waals surface area contributed by atoms with E-state index in [-0.39, 0.29) is 11.5 Å². The van der Waals surface area contributed by atoms with E-state index >= 15 is 0 Å². The number of nitrogens with zero attached hydrogens (tertiary/aromatic N) is 3. The van der Waals surface area contributed by atoms with Gasteiger partial charge in [0.05, 0.1) is 23.8 Å². The molecule has 0 radical (unpaired) electrons. The molecule has 0 saturated heterocycles. The summed E-state index contributed by atoms with van der Waals surface area (Å²) < 4.78 is 6.86. The monoisotopic (exact) mass is 434 g/mol. The average Bonchev–Trinajstić information content (AvgIpc) is 3.14. The van der Waals surface area contributed by atoms with Crippen LogP contribution in [0.4, 0.5) is 5.13 Å². The second-order valence-corrected chi connectivity index (χ2v) is 8.26. The lowest BCUT2D eigenvalue weighted by Gasteiger charge is -2.10. The number of ether oxygens (including phenoxy) is 1. The van der Waals surface area contributed by atoms with Crippen molar-refractivity contribution in [1.29, 1.82) is 0 Å². The van der Waals surface area contributed by atoms with Crippen LogP contribution >= 0.6 is 11.3 Å². The van der Waals surface area contributed by atoms with Gasteiger partial charge in [0.25, 0.3) is 11.5 Å². The van der Waals surface area contributed by atoms with E-state index in [9.17, 15) is 9.59 Å². The van der Waals surface area contributed by atoms with Crippen molar-refractivity contribution in [3.8, 4) is 17.0 Å². The number of rotatable bonds is 5. The van der Waals surface area contributed by atoms with Crippen LogP contribution in [-0.2, 0) is 6.54 Å². The van der Waals surface area contributed by atoms with Crippen molar-refractivity contribution in [3.05, 3.63) is 69.0 Å². The summed E-state index contributed by atoms with van der Waals surface area (Å²) in [5, 5.41) is 3.40. The first kappa shape index (κ1) is 20.7. The van der Waals surface area contributed by atoms with Gasteiger partial charge in [-0.25, -0.2) is 9.97 Å². The average molecular weight is 435 g/mol. The topological polar surface area (TPSA) is 86.1 Å². The molecule has 4 rings (SSSR count). The second kappa shape index (κ2) is 8.31. The Balaban J connectivity index is 1.62. The Morgan fingerprint density at radius 2 is 1.87 bits per heavy atom. The minimum atomic E-state index is -0.273. The van der Waals surface area contributed by atoms with E-state index in [0.29, 0.717) is 34.0 Å². The molecular formula is C23H22N4O3S. The molecule has 1 amide bonds. The Hall–Kier alpha value is -3.52. The van der Waals surface area contributed by atoms with Crippen LogP contribution < -0.4 is 15.6 Å². The molecule has 0 spiro atoms. The van der Waals surface area contributed by atoms with Crippen molar-refractivity contribution in [3.63, 3.8) is 0 Å². The van der Waals surface area contributed by atoms with Gasteiger partial charge in [-0.05, 0) is 63.2 Å². The normalized spacial score (nSPS) is 11.0. The van der Waals surface area contributed by atoms with Crippen molar-refractivity contribution in [2.75, 3.05) is 12.4 Å². The van der Waals surface area contributed by atoms with Crippen molar-refractivity contribution >= 4 is 33.4 Å². The van der Waals surface area contributed by atoms with E-state index in [2.05, 4.69) is 15.3 Å². The number of carbonyl (C=O) groups excluding carboxylic acids is 1. The molecule has 0 bridgehead atoms. The van der Waals surface area contributed by atoms with E-state index in [1.807, 2.05) is 38.1 Å². The van der Waals surface area contributed by atoms with Gasteiger partial charge in [-0.2, -0.15) is 0 Å². The van der Waals surface area contributed by atoms with E-state index in [0.717, 1.165) is 21.9 Å². The Morgan fingerprint density at radius 1 is 1.13 bits per heavy atom. The lowest BCUT2D eigenvalue weighted by atomic mass is 10.1. The molecule has 0 fully saturated rings. The molecule has 2 heterocycles. The summed E-state index contributed by atoms with van der Waals surface area (Å²) in [6.45, 7) is 6.10. The molecule has 7 nitrogen and oxygen atoms in total. The molecule has 31 heavy (non-hydrogen) atoms. The Labute approximate surface area is 183 Å². The maximum atomic E-state index is 12.8. The highest BCUT2D eigenvalue weighted by atomic mass is 32.1. The van der Waals surface area contributed by atoms with Crippen LogP contribution in [0.3, 0.4) is 0 Å². The molecule has 0 saturated carbocycles. The molecule has 0 aliphatic rings. The van der Waals surface area contributed by atoms with Crippen LogP contribution in [0.5, 0.6) is 5.75 Å². The van der Waals surface area contributed by atoms with Gasteiger partial charge in [0.15, 0.2) is 5.13 Å². The zero-order valence-corrected chi connectivity index (χ0v) is 18.5. The first-order valence-corrected chi connectivity index (χ1v) is 10.7. The van der Waals surface area contributed by atoms with Crippen LogP contribution in [0.25, 0.3) is 22.3 Å². The molecule has 1 N–H and O–H groups in total. The third-order valence-corrected chi connectivity index (χ3v) is 5.95. The first-order chi connectivity index (χ1) is 14.9. The van der Waals surface area contributed by atoms with Gasteiger partial charge in [-0.3, -0.25) is 14.9 Å². The predicted molar refractivity (Wildman–Crippen MR) is 123 cm³/mol. The summed E-state index contributed by atoms with van der Waals surface area (Å²) in [4.78, 5) is 35.1. The highest BCUT2D eigenvalue weighted by molar-refractivity contribution is 7.16. The zero-order valence-electron chi connectivity index (χ0n) is 17.7. The lowest BCUT2D eigenvalue weighted by Crippen LogP contribution is -2.23. The molecular weight excluding hydrogens is 412 g/mol. The molecule has 0 aliphatic heterocycles. The molecule has 158 valence electrons. The van der Waals surface area contributed by atoms with Crippen molar-refractivity contribution < 1.29 is 9.53 Å². The number of benzene rings is 2. The van der Waals surface area contributed by atoms with Gasteiger partial charge in [-0.15, -0.1) is 11.3 Å². The van der Waals surface area contributed by atoms with Crippen LogP contribution in [0.1, 0.15) is 27.9 Å². The molecule has 8 heteroatoms. The van der Waals surface area contributed by atoms with Crippen LogP contribution in [0.15, 0.2) is 47.3 Å². The van der Waals surface area contributed by atoms with Gasteiger partial charge in [0.1, 0.15) is 11.4 Å². The number of carbonyl (C=O) groups is 1. The van der Waals surface area contributed by atoms with Gasteiger partial charge in [0.2, 0.25) is 0 Å². The zero-order chi connectivity index (χ0) is 22.1. The third kappa shape index (κ3) is 3.94. The molecule has 2 aromatic carbocycles. The largest absolute Gasteiger partial charge is 0.497 e. The van der Waals surface area contributed by atoms with E-state index < -0.39 is 0 Å². The number of anilines is 1. The number of hydrogen-bond acceptors (Lipinski definition) is 6. The van der Waals surface area contributed by atoms with E-state index in [1.165, 1.54) is 11.3 Å². The summed E-state index contributed by atoms with van der Waals surface area (Å²) in [6.07, 6.45) is 0. The number of nitrogens with one attached hydrogen (secondary N) is 1. The number of amides is 1. The fourth-order valence-corrected chi connectivity index (χ4v) is 4.30. The number of fused-ring (bicyclic) bond motifs is 1. The Bertz CT molecular complexity index is 1340. The standard InChI is InChI=1S/C23H22N4O3S/c1-5-27-19-11-8-16(12-18(19)24-13(2)22(27)29)21(28)26-23-25-20(14(3)31-23)15-6-9-17(30-4)10-7-15/h6-12H,5H2,1-4H3,(H,25,26,28). The van der Waals surface area contributed by atoms with Crippen LogP contribution in [-0.4, -0.2) is 27.6 Å². The smallest absolute Gasteiger partial charge is 0.272 e. The maximum absolute atomic E-state index is 12.8. The minimum Gasteiger partial charge on any atom is -0.497 e. The predicted octanol–water partition coefficient (Wildman–Crippen LogP) is 4.42. The maximum Gasteiger partial charge on any atom is 0.272 e. The molecule has 0 atom stereocenters. The molecule has 0 aliphatic carbocycles. The van der Waals surface area contributed by atoms with Crippen LogP contribution in [0.2, 0.25) is 0 Å². The van der Waals surface area contributed by atoms with Crippen molar-refractivity contribution in [2.24, 2.45) is 0 Å². The highest BCUT2D eigenvalue weighted by Crippen LogP contribution is 2.31. The van der Waals surface area contributed by atoms with Crippen molar-refractivity contribution in [2.45, 2.75) is 27.3 Å². The Morgan fingerprint density at radius 3 is 2.55 bits per heavy atom. The number of thiazole rings is 1. The lowest BCUT2D eigenvalue weighted by molar-refractivity contribution is 0.102. The molecule has 2 aromatic heterocycles. The summed E-state index contributed by atoms with van der Waals surface area (Å²) in [6, 6.07) is 12.8. The van der Waals surface area contributed by atoms with Crippen LogP contribution in [0, 0.1) is 13.8 Å². The fourth-order valence-electron chi connectivity index (χ4n) is 3.47. The first-order valence-electron chi connectivity index (χ1n) is 9.85.